The molecule has 0 aromatic carbocycles. The second kappa shape index (κ2) is 7.24. The normalized spacial score (nSPS) is 12.9. The molecule has 0 saturated heterocycles. The molecule has 0 saturated carbocycles. The summed E-state index contributed by atoms with van der Waals surface area (Å²) < 4.78 is 2.01. The lowest BCUT2D eigenvalue weighted by Crippen LogP contribution is -2.06. The van der Waals surface area contributed by atoms with Crippen molar-refractivity contribution in [2.24, 2.45) is 10.8 Å². The van der Waals surface area contributed by atoms with E-state index in [1.165, 1.54) is 32.1 Å². The van der Waals surface area contributed by atoms with Crippen molar-refractivity contribution in [3.8, 4) is 0 Å². The number of hydrogen-bond donors (Lipinski definition) is 0. The van der Waals surface area contributed by atoms with Gasteiger partial charge in [-0.05, 0) is 42.9 Å². The molecule has 20 heavy (non-hydrogen) atoms. The molecule has 1 rings (SSSR count). The van der Waals surface area contributed by atoms with Gasteiger partial charge in [-0.25, -0.2) is 0 Å². The standard InChI is InChI=1S/C17H33N3/c1-16(2,3)11-7-8-13-20-14-15(18-19-20)10-9-12-17(4,5)6/h14H,7-13H2,1-6H3. The highest BCUT2D eigenvalue weighted by molar-refractivity contribution is 4.92. The van der Waals surface area contributed by atoms with Crippen LogP contribution in [0, 0.1) is 10.8 Å². The van der Waals surface area contributed by atoms with Crippen LogP contribution in [0.25, 0.3) is 0 Å². The molecule has 116 valence electrons. The second-order valence-electron chi connectivity index (χ2n) is 8.40. The summed E-state index contributed by atoms with van der Waals surface area (Å²) in [6.45, 7) is 14.8. The van der Waals surface area contributed by atoms with E-state index in [1.54, 1.807) is 0 Å². The van der Waals surface area contributed by atoms with Gasteiger partial charge in [-0.1, -0.05) is 53.2 Å². The molecule has 0 fully saturated rings. The van der Waals surface area contributed by atoms with E-state index in [-0.39, 0.29) is 0 Å². The Morgan fingerprint density at radius 2 is 1.50 bits per heavy atom. The highest BCUT2D eigenvalue weighted by atomic mass is 15.4. The number of hydrogen-bond acceptors (Lipinski definition) is 2. The first-order chi connectivity index (χ1) is 9.16. The minimum Gasteiger partial charge on any atom is -0.252 e. The van der Waals surface area contributed by atoms with Gasteiger partial charge in [0, 0.05) is 12.7 Å². The zero-order valence-corrected chi connectivity index (χ0v) is 14.4. The van der Waals surface area contributed by atoms with Gasteiger partial charge in [0.2, 0.25) is 0 Å². The zero-order valence-electron chi connectivity index (χ0n) is 14.4. The lowest BCUT2D eigenvalue weighted by Gasteiger charge is -2.17. The average Bonchev–Trinajstić information content (AvgIpc) is 2.69. The summed E-state index contributed by atoms with van der Waals surface area (Å²) in [5, 5.41) is 8.51. The van der Waals surface area contributed by atoms with Crippen molar-refractivity contribution in [1.82, 2.24) is 15.0 Å². The molecule has 3 nitrogen and oxygen atoms in total. The molecule has 0 N–H and O–H groups in total. The van der Waals surface area contributed by atoms with Crippen LogP contribution in [0.3, 0.4) is 0 Å². The largest absolute Gasteiger partial charge is 0.252 e. The topological polar surface area (TPSA) is 30.7 Å². The first-order valence-electron chi connectivity index (χ1n) is 8.05. The third kappa shape index (κ3) is 8.34. The van der Waals surface area contributed by atoms with E-state index in [2.05, 4.69) is 58.1 Å². The molecule has 0 atom stereocenters. The maximum atomic E-state index is 4.28. The molecule has 0 spiro atoms. The van der Waals surface area contributed by atoms with Gasteiger partial charge in [-0.3, -0.25) is 4.68 Å². The maximum Gasteiger partial charge on any atom is 0.0827 e. The van der Waals surface area contributed by atoms with Crippen molar-refractivity contribution in [2.75, 3.05) is 0 Å². The van der Waals surface area contributed by atoms with Gasteiger partial charge >= 0.3 is 0 Å². The van der Waals surface area contributed by atoms with Crippen LogP contribution in [0.1, 0.15) is 79.3 Å². The fraction of sp³-hybridized carbons (Fsp3) is 0.882. The molecular formula is C17H33N3. The Morgan fingerprint density at radius 3 is 2.10 bits per heavy atom. The highest BCUT2D eigenvalue weighted by Gasteiger charge is 2.11. The number of unbranched alkanes of at least 4 members (excludes halogenated alkanes) is 1. The number of aromatic nitrogens is 3. The minimum absolute atomic E-state index is 0.420. The fourth-order valence-electron chi connectivity index (χ4n) is 2.29. The lowest BCUT2D eigenvalue weighted by atomic mass is 9.89. The third-order valence-electron chi connectivity index (χ3n) is 3.51. The Morgan fingerprint density at radius 1 is 0.900 bits per heavy atom. The van der Waals surface area contributed by atoms with Crippen molar-refractivity contribution < 1.29 is 0 Å². The van der Waals surface area contributed by atoms with Crippen molar-refractivity contribution in [3.63, 3.8) is 0 Å². The Hall–Kier alpha value is -0.860. The molecular weight excluding hydrogens is 246 g/mol. The Labute approximate surface area is 125 Å². The van der Waals surface area contributed by atoms with Crippen molar-refractivity contribution in [1.29, 1.82) is 0 Å². The van der Waals surface area contributed by atoms with Gasteiger partial charge in [0.05, 0.1) is 5.69 Å². The monoisotopic (exact) mass is 279 g/mol. The van der Waals surface area contributed by atoms with Gasteiger partial charge in [-0.2, -0.15) is 0 Å². The van der Waals surface area contributed by atoms with Gasteiger partial charge in [0.25, 0.3) is 0 Å². The third-order valence-corrected chi connectivity index (χ3v) is 3.51. The number of nitrogens with zero attached hydrogens (tertiary/aromatic N) is 3. The molecule has 0 bridgehead atoms. The molecule has 0 amide bonds. The number of rotatable bonds is 7. The van der Waals surface area contributed by atoms with Crippen LogP contribution in [-0.4, -0.2) is 15.0 Å². The molecule has 0 radical (unpaired) electrons. The van der Waals surface area contributed by atoms with Crippen molar-refractivity contribution in [2.45, 2.75) is 86.6 Å². The van der Waals surface area contributed by atoms with Gasteiger partial charge in [0.15, 0.2) is 0 Å². The van der Waals surface area contributed by atoms with Gasteiger partial charge < -0.3 is 0 Å². The van der Waals surface area contributed by atoms with E-state index < -0.39 is 0 Å². The molecule has 3 heteroatoms. The molecule has 1 aromatic heterocycles. The second-order valence-corrected chi connectivity index (χ2v) is 8.40. The van der Waals surface area contributed by atoms with Crippen LogP contribution in [0.5, 0.6) is 0 Å². The minimum atomic E-state index is 0.420. The summed E-state index contributed by atoms with van der Waals surface area (Å²) in [7, 11) is 0. The van der Waals surface area contributed by atoms with E-state index in [4.69, 9.17) is 0 Å². The zero-order chi connectivity index (χ0) is 15.2. The Balaban J connectivity index is 2.22. The van der Waals surface area contributed by atoms with E-state index >= 15 is 0 Å². The molecule has 0 aliphatic carbocycles. The summed E-state index contributed by atoms with van der Waals surface area (Å²) in [4.78, 5) is 0. The SMILES string of the molecule is CC(C)(C)CCCCn1cc(CCCC(C)(C)C)nn1. The molecule has 1 aromatic rings. The summed E-state index contributed by atoms with van der Waals surface area (Å²) in [6, 6.07) is 0. The van der Waals surface area contributed by atoms with Crippen LogP contribution >= 0.6 is 0 Å². The first-order valence-corrected chi connectivity index (χ1v) is 8.05. The lowest BCUT2D eigenvalue weighted by molar-refractivity contribution is 0.352. The number of aryl methyl sites for hydroxylation is 2. The quantitative estimate of drug-likeness (QED) is 0.667. The average molecular weight is 279 g/mol. The molecule has 0 aliphatic rings. The summed E-state index contributed by atoms with van der Waals surface area (Å²) >= 11 is 0. The molecule has 0 aliphatic heterocycles. The predicted molar refractivity (Wildman–Crippen MR) is 85.7 cm³/mol. The Bertz CT molecular complexity index is 380. The maximum absolute atomic E-state index is 4.28. The summed E-state index contributed by atoms with van der Waals surface area (Å²) in [5.41, 5.74) is 2.01. The van der Waals surface area contributed by atoms with Gasteiger partial charge in [0.1, 0.15) is 0 Å². The summed E-state index contributed by atoms with van der Waals surface area (Å²) in [5.74, 6) is 0. The van der Waals surface area contributed by atoms with E-state index in [1.807, 2.05) is 4.68 Å². The van der Waals surface area contributed by atoms with Crippen LogP contribution < -0.4 is 0 Å². The van der Waals surface area contributed by atoms with E-state index in [0.29, 0.717) is 10.8 Å². The summed E-state index contributed by atoms with van der Waals surface area (Å²) in [6.07, 6.45) is 9.36. The van der Waals surface area contributed by atoms with E-state index in [9.17, 15) is 0 Å². The predicted octanol–water partition coefficient (Wildman–Crippen LogP) is 4.86. The van der Waals surface area contributed by atoms with Crippen LogP contribution in [0.4, 0.5) is 0 Å². The van der Waals surface area contributed by atoms with Crippen molar-refractivity contribution in [3.05, 3.63) is 11.9 Å². The van der Waals surface area contributed by atoms with Crippen LogP contribution in [0.15, 0.2) is 6.20 Å². The molecule has 0 unspecified atom stereocenters. The van der Waals surface area contributed by atoms with E-state index in [0.717, 1.165) is 18.7 Å². The molecule has 1 heterocycles. The van der Waals surface area contributed by atoms with Crippen LogP contribution in [0.2, 0.25) is 0 Å². The van der Waals surface area contributed by atoms with Crippen molar-refractivity contribution >= 4 is 0 Å². The Kier molecular flexibility index (Phi) is 6.22. The highest BCUT2D eigenvalue weighted by Crippen LogP contribution is 2.22. The first kappa shape index (κ1) is 17.2. The van der Waals surface area contributed by atoms with Crippen LogP contribution in [-0.2, 0) is 13.0 Å². The fourth-order valence-corrected chi connectivity index (χ4v) is 2.29. The smallest absolute Gasteiger partial charge is 0.0827 e. The van der Waals surface area contributed by atoms with Gasteiger partial charge in [-0.15, -0.1) is 5.10 Å².